The van der Waals surface area contributed by atoms with E-state index in [1.807, 2.05) is 30.3 Å². The van der Waals surface area contributed by atoms with Crippen molar-refractivity contribution in [1.29, 1.82) is 0 Å². The van der Waals surface area contributed by atoms with Gasteiger partial charge in [-0.05, 0) is 11.1 Å². The molecule has 0 bridgehead atoms. The molecule has 0 radical (unpaired) electrons. The number of hydrogen-bond acceptors (Lipinski definition) is 4. The molecule has 122 valence electrons. The summed E-state index contributed by atoms with van der Waals surface area (Å²) in [5, 5.41) is 0. The van der Waals surface area contributed by atoms with Gasteiger partial charge in [0.1, 0.15) is 18.0 Å². The Labute approximate surface area is 140 Å². The summed E-state index contributed by atoms with van der Waals surface area (Å²) in [7, 11) is 0. The van der Waals surface area contributed by atoms with E-state index >= 15 is 0 Å². The van der Waals surface area contributed by atoms with E-state index in [4.69, 9.17) is 0 Å². The van der Waals surface area contributed by atoms with Gasteiger partial charge in [-0.15, -0.1) is 0 Å². The molecule has 0 N–H and O–H groups in total. The molecule has 1 atom stereocenters. The van der Waals surface area contributed by atoms with Crippen LogP contribution in [-0.2, 0) is 25.6 Å². The first-order valence-corrected chi connectivity index (χ1v) is 7.71. The van der Waals surface area contributed by atoms with Gasteiger partial charge in [-0.2, -0.15) is 0 Å². The predicted octanol–water partition coefficient (Wildman–Crippen LogP) is 2.70. The van der Waals surface area contributed by atoms with Crippen molar-refractivity contribution in [2.75, 3.05) is 0 Å². The van der Waals surface area contributed by atoms with Crippen LogP contribution in [0.3, 0.4) is 0 Å². The molecule has 24 heavy (non-hydrogen) atoms. The number of rotatable bonds is 9. The summed E-state index contributed by atoms with van der Waals surface area (Å²) in [6.45, 7) is 0. The molecule has 0 saturated carbocycles. The molecule has 4 nitrogen and oxygen atoms in total. The minimum absolute atomic E-state index is 0.119. The molecule has 0 fully saturated rings. The summed E-state index contributed by atoms with van der Waals surface area (Å²) in [6.07, 6.45) is -0.119. The standard InChI is InChI=1S/C20H18O4/c21-12-11-17(22)14-19(24)20(16-9-5-2-6-10-16)18(23)13-15-7-3-1-4-8-15/h1-10,12,20H,11,13-14H2. The molecule has 0 aliphatic heterocycles. The van der Waals surface area contributed by atoms with Crippen LogP contribution in [-0.4, -0.2) is 23.6 Å². The number of hydrogen-bond donors (Lipinski definition) is 0. The van der Waals surface area contributed by atoms with Crippen LogP contribution in [0.15, 0.2) is 60.7 Å². The lowest BCUT2D eigenvalue weighted by molar-refractivity contribution is -0.131. The Balaban J connectivity index is 2.22. The monoisotopic (exact) mass is 322 g/mol. The number of benzene rings is 2. The maximum atomic E-state index is 12.7. The van der Waals surface area contributed by atoms with Crippen molar-refractivity contribution in [3.05, 3.63) is 71.8 Å². The Morgan fingerprint density at radius 1 is 0.833 bits per heavy atom. The van der Waals surface area contributed by atoms with E-state index in [-0.39, 0.29) is 18.6 Å². The largest absolute Gasteiger partial charge is 0.303 e. The summed E-state index contributed by atoms with van der Waals surface area (Å²) in [5.74, 6) is -2.17. The Morgan fingerprint density at radius 3 is 2.00 bits per heavy atom. The maximum Gasteiger partial charge on any atom is 0.155 e. The molecular weight excluding hydrogens is 304 g/mol. The lowest BCUT2D eigenvalue weighted by Gasteiger charge is -2.15. The van der Waals surface area contributed by atoms with Crippen molar-refractivity contribution < 1.29 is 19.2 Å². The van der Waals surface area contributed by atoms with Crippen LogP contribution >= 0.6 is 0 Å². The molecule has 2 aromatic carbocycles. The number of Topliss-reactive ketones (excluding diaryl/α,β-unsaturated/α-hetero) is 3. The highest BCUT2D eigenvalue weighted by Crippen LogP contribution is 2.22. The normalized spacial score (nSPS) is 11.5. The molecule has 2 aromatic rings. The van der Waals surface area contributed by atoms with Crippen LogP contribution in [0.4, 0.5) is 0 Å². The Morgan fingerprint density at radius 2 is 1.42 bits per heavy atom. The van der Waals surface area contributed by atoms with Gasteiger partial charge in [0.15, 0.2) is 11.6 Å². The quantitative estimate of drug-likeness (QED) is 0.526. The maximum absolute atomic E-state index is 12.7. The van der Waals surface area contributed by atoms with Crippen molar-refractivity contribution in [2.45, 2.75) is 25.2 Å². The van der Waals surface area contributed by atoms with E-state index < -0.39 is 23.9 Å². The van der Waals surface area contributed by atoms with Crippen LogP contribution in [0.2, 0.25) is 0 Å². The number of carbonyl (C=O) groups is 4. The third-order valence-electron chi connectivity index (χ3n) is 3.68. The molecule has 0 amide bonds. The summed E-state index contributed by atoms with van der Waals surface area (Å²) in [5.41, 5.74) is 1.39. The van der Waals surface area contributed by atoms with Crippen molar-refractivity contribution in [2.24, 2.45) is 0 Å². The van der Waals surface area contributed by atoms with Crippen molar-refractivity contribution in [3.8, 4) is 0 Å². The Bertz CT molecular complexity index is 720. The van der Waals surface area contributed by atoms with Gasteiger partial charge in [-0.25, -0.2) is 0 Å². The lowest BCUT2D eigenvalue weighted by atomic mass is 9.85. The molecule has 1 unspecified atom stereocenters. The van der Waals surface area contributed by atoms with Gasteiger partial charge in [-0.1, -0.05) is 60.7 Å². The Hall–Kier alpha value is -2.88. The average Bonchev–Trinajstić information content (AvgIpc) is 2.57. The van der Waals surface area contributed by atoms with E-state index in [0.717, 1.165) is 5.56 Å². The van der Waals surface area contributed by atoms with E-state index in [1.54, 1.807) is 30.3 Å². The SMILES string of the molecule is O=CCC(=O)CC(=O)C(C(=O)Cc1ccccc1)c1ccccc1. The van der Waals surface area contributed by atoms with Gasteiger partial charge in [0.2, 0.25) is 0 Å². The Kier molecular flexibility index (Phi) is 6.32. The van der Waals surface area contributed by atoms with Crippen LogP contribution in [0.1, 0.15) is 29.9 Å². The van der Waals surface area contributed by atoms with Crippen molar-refractivity contribution in [1.82, 2.24) is 0 Å². The van der Waals surface area contributed by atoms with Gasteiger partial charge < -0.3 is 4.79 Å². The fourth-order valence-corrected chi connectivity index (χ4v) is 2.56. The van der Waals surface area contributed by atoms with Gasteiger partial charge in [0, 0.05) is 6.42 Å². The second-order valence-electron chi connectivity index (χ2n) is 5.52. The van der Waals surface area contributed by atoms with E-state index in [1.165, 1.54) is 0 Å². The van der Waals surface area contributed by atoms with Crippen molar-refractivity contribution in [3.63, 3.8) is 0 Å². The third kappa shape index (κ3) is 4.81. The summed E-state index contributed by atoms with van der Waals surface area (Å²) in [4.78, 5) is 47.2. The van der Waals surface area contributed by atoms with Crippen molar-refractivity contribution >= 4 is 23.6 Å². The highest BCUT2D eigenvalue weighted by Gasteiger charge is 2.29. The zero-order valence-corrected chi connectivity index (χ0v) is 13.2. The highest BCUT2D eigenvalue weighted by molar-refractivity contribution is 6.14. The van der Waals surface area contributed by atoms with Gasteiger partial charge in [-0.3, -0.25) is 14.4 Å². The minimum Gasteiger partial charge on any atom is -0.303 e. The first-order chi connectivity index (χ1) is 11.6. The predicted molar refractivity (Wildman–Crippen MR) is 89.6 cm³/mol. The first kappa shape index (κ1) is 17.5. The summed E-state index contributed by atoms with van der Waals surface area (Å²) < 4.78 is 0. The molecule has 4 heteroatoms. The minimum atomic E-state index is -0.984. The second-order valence-corrected chi connectivity index (χ2v) is 5.52. The first-order valence-electron chi connectivity index (χ1n) is 7.71. The topological polar surface area (TPSA) is 68.3 Å². The van der Waals surface area contributed by atoms with E-state index in [9.17, 15) is 19.2 Å². The van der Waals surface area contributed by atoms with E-state index in [0.29, 0.717) is 11.8 Å². The molecule has 0 heterocycles. The fourth-order valence-electron chi connectivity index (χ4n) is 2.56. The molecule has 0 spiro atoms. The van der Waals surface area contributed by atoms with Gasteiger partial charge in [0.05, 0.1) is 12.8 Å². The smallest absolute Gasteiger partial charge is 0.155 e. The van der Waals surface area contributed by atoms with E-state index in [2.05, 4.69) is 0 Å². The third-order valence-corrected chi connectivity index (χ3v) is 3.68. The van der Waals surface area contributed by atoms with Crippen LogP contribution < -0.4 is 0 Å². The summed E-state index contributed by atoms with van der Waals surface area (Å²) in [6, 6.07) is 17.9. The van der Waals surface area contributed by atoms with Gasteiger partial charge in [0.25, 0.3) is 0 Å². The number of carbonyl (C=O) groups excluding carboxylic acids is 4. The zero-order chi connectivity index (χ0) is 17.4. The molecule has 2 rings (SSSR count). The van der Waals surface area contributed by atoms with Crippen LogP contribution in [0, 0.1) is 0 Å². The lowest BCUT2D eigenvalue weighted by Crippen LogP contribution is -2.25. The fraction of sp³-hybridized carbons (Fsp3) is 0.200. The highest BCUT2D eigenvalue weighted by atomic mass is 16.2. The molecule has 0 aliphatic rings. The van der Waals surface area contributed by atoms with Crippen LogP contribution in [0.25, 0.3) is 0 Å². The molecule has 0 aliphatic carbocycles. The van der Waals surface area contributed by atoms with Crippen LogP contribution in [0.5, 0.6) is 0 Å². The molecule has 0 aromatic heterocycles. The number of ketones is 3. The molecular formula is C20H18O4. The second kappa shape index (κ2) is 8.67. The van der Waals surface area contributed by atoms with Gasteiger partial charge >= 0.3 is 0 Å². The number of aldehydes is 1. The zero-order valence-electron chi connectivity index (χ0n) is 13.2. The summed E-state index contributed by atoms with van der Waals surface area (Å²) >= 11 is 0. The molecule has 0 saturated heterocycles. The average molecular weight is 322 g/mol.